The minimum absolute atomic E-state index is 0.0462. The highest BCUT2D eigenvalue weighted by Crippen LogP contribution is 2.22. The van der Waals surface area contributed by atoms with E-state index in [9.17, 15) is 9.18 Å². The number of nitrogens with zero attached hydrogens (tertiary/aromatic N) is 1. The summed E-state index contributed by atoms with van der Waals surface area (Å²) >= 11 is 0. The zero-order chi connectivity index (χ0) is 13.5. The Morgan fingerprint density at radius 2 is 2.28 bits per heavy atom. The third-order valence-electron chi connectivity index (χ3n) is 2.13. The van der Waals surface area contributed by atoms with Crippen LogP contribution in [0, 0.1) is 17.1 Å². The number of hydrogen-bond acceptors (Lipinski definition) is 4. The van der Waals surface area contributed by atoms with Gasteiger partial charge in [0.25, 0.3) is 0 Å². The molecule has 0 aliphatic rings. The van der Waals surface area contributed by atoms with Gasteiger partial charge < -0.3 is 9.47 Å². The van der Waals surface area contributed by atoms with Crippen molar-refractivity contribution in [1.29, 1.82) is 5.26 Å². The van der Waals surface area contributed by atoms with Crippen molar-refractivity contribution in [3.63, 3.8) is 0 Å². The fourth-order valence-electron chi connectivity index (χ4n) is 1.30. The van der Waals surface area contributed by atoms with Gasteiger partial charge in [0.15, 0.2) is 11.6 Å². The zero-order valence-corrected chi connectivity index (χ0v) is 10.1. The highest BCUT2D eigenvalue weighted by atomic mass is 19.1. The second-order valence-electron chi connectivity index (χ2n) is 3.25. The quantitative estimate of drug-likeness (QED) is 0.466. The summed E-state index contributed by atoms with van der Waals surface area (Å²) in [5.41, 5.74) is -0.164. The van der Waals surface area contributed by atoms with Crippen molar-refractivity contribution in [2.24, 2.45) is 0 Å². The van der Waals surface area contributed by atoms with Crippen LogP contribution in [-0.2, 0) is 9.53 Å². The number of carbonyl (C=O) groups is 1. The van der Waals surface area contributed by atoms with Crippen LogP contribution in [-0.4, -0.2) is 19.7 Å². The van der Waals surface area contributed by atoms with Gasteiger partial charge in [-0.1, -0.05) is 12.1 Å². The third-order valence-corrected chi connectivity index (χ3v) is 2.13. The van der Waals surface area contributed by atoms with E-state index in [4.69, 9.17) is 10.00 Å². The average molecular weight is 249 g/mol. The van der Waals surface area contributed by atoms with Crippen molar-refractivity contribution >= 4 is 12.0 Å². The van der Waals surface area contributed by atoms with Crippen LogP contribution in [0.4, 0.5) is 4.39 Å². The molecule has 0 bridgehead atoms. The van der Waals surface area contributed by atoms with E-state index in [2.05, 4.69) is 4.74 Å². The summed E-state index contributed by atoms with van der Waals surface area (Å²) in [7, 11) is 1.34. The molecular weight excluding hydrogens is 237 g/mol. The summed E-state index contributed by atoms with van der Waals surface area (Å²) in [5, 5.41) is 8.83. The number of nitriles is 1. The Morgan fingerprint density at radius 1 is 1.56 bits per heavy atom. The topological polar surface area (TPSA) is 59.3 Å². The van der Waals surface area contributed by atoms with Crippen molar-refractivity contribution in [3.05, 3.63) is 35.2 Å². The molecule has 0 atom stereocenters. The van der Waals surface area contributed by atoms with Crippen LogP contribution in [0.15, 0.2) is 23.8 Å². The highest BCUT2D eigenvalue weighted by molar-refractivity contribution is 5.97. The number of ether oxygens (including phenoxy) is 2. The molecule has 0 fully saturated rings. The van der Waals surface area contributed by atoms with Crippen molar-refractivity contribution in [2.45, 2.75) is 6.92 Å². The summed E-state index contributed by atoms with van der Waals surface area (Å²) in [4.78, 5) is 11.4. The first-order valence-electron chi connectivity index (χ1n) is 5.25. The van der Waals surface area contributed by atoms with Gasteiger partial charge in [-0.2, -0.15) is 5.26 Å². The summed E-state index contributed by atoms with van der Waals surface area (Å²) in [6.07, 6.45) is 1.13. The first-order chi connectivity index (χ1) is 8.63. The van der Waals surface area contributed by atoms with Crippen LogP contribution in [0.25, 0.3) is 6.08 Å². The van der Waals surface area contributed by atoms with Crippen LogP contribution < -0.4 is 4.74 Å². The Labute approximate surface area is 104 Å². The van der Waals surface area contributed by atoms with E-state index in [-0.39, 0.29) is 23.5 Å². The maximum absolute atomic E-state index is 13.8. The maximum Gasteiger partial charge on any atom is 0.348 e. The molecule has 0 N–H and O–H groups in total. The van der Waals surface area contributed by atoms with Gasteiger partial charge in [-0.3, -0.25) is 0 Å². The summed E-state index contributed by atoms with van der Waals surface area (Å²) in [6, 6.07) is 6.13. The minimum atomic E-state index is -0.776. The molecule has 0 heterocycles. The molecular formula is C13H12FNO3. The molecule has 0 aliphatic heterocycles. The number of halogens is 1. The number of methoxy groups -OCH3 is 1. The van der Waals surface area contributed by atoms with Gasteiger partial charge in [0.1, 0.15) is 11.6 Å². The smallest absolute Gasteiger partial charge is 0.348 e. The van der Waals surface area contributed by atoms with Crippen molar-refractivity contribution in [3.8, 4) is 11.8 Å². The first-order valence-corrected chi connectivity index (χ1v) is 5.25. The molecule has 1 rings (SSSR count). The molecule has 0 aromatic heterocycles. The van der Waals surface area contributed by atoms with Crippen LogP contribution >= 0.6 is 0 Å². The van der Waals surface area contributed by atoms with E-state index in [0.717, 1.165) is 6.08 Å². The van der Waals surface area contributed by atoms with E-state index in [1.54, 1.807) is 19.1 Å². The van der Waals surface area contributed by atoms with Gasteiger partial charge in [-0.05, 0) is 19.1 Å². The fourth-order valence-corrected chi connectivity index (χ4v) is 1.30. The second kappa shape index (κ2) is 6.40. The highest BCUT2D eigenvalue weighted by Gasteiger charge is 2.13. The molecule has 1 aromatic carbocycles. The largest absolute Gasteiger partial charge is 0.494 e. The zero-order valence-electron chi connectivity index (χ0n) is 10.1. The Hall–Kier alpha value is -2.35. The summed E-state index contributed by atoms with van der Waals surface area (Å²) in [6.45, 7) is 1.78. The maximum atomic E-state index is 13.8. The molecule has 0 aliphatic carbocycles. The van der Waals surface area contributed by atoms with Gasteiger partial charge in [0.2, 0.25) is 0 Å². The monoisotopic (exact) mass is 249 g/mol. The number of hydrogen-bond donors (Lipinski definition) is 0. The molecule has 0 amide bonds. The van der Waals surface area contributed by atoms with Gasteiger partial charge in [0.05, 0.1) is 13.7 Å². The lowest BCUT2D eigenvalue weighted by atomic mass is 10.1. The molecule has 0 spiro atoms. The normalized spacial score (nSPS) is 10.7. The Bertz CT molecular complexity index is 517. The van der Waals surface area contributed by atoms with Crippen molar-refractivity contribution < 1.29 is 18.7 Å². The first kappa shape index (κ1) is 13.7. The van der Waals surface area contributed by atoms with Gasteiger partial charge >= 0.3 is 5.97 Å². The number of rotatable bonds is 4. The van der Waals surface area contributed by atoms with E-state index in [1.807, 2.05) is 0 Å². The summed E-state index contributed by atoms with van der Waals surface area (Å²) < 4.78 is 23.3. The lowest BCUT2D eigenvalue weighted by Crippen LogP contribution is -2.06. The Balaban J connectivity index is 3.15. The average Bonchev–Trinajstić information content (AvgIpc) is 2.37. The third kappa shape index (κ3) is 3.08. The van der Waals surface area contributed by atoms with E-state index in [0.29, 0.717) is 0 Å². The second-order valence-corrected chi connectivity index (χ2v) is 3.25. The Morgan fingerprint density at radius 3 is 2.83 bits per heavy atom. The molecule has 0 unspecified atom stereocenters. The van der Waals surface area contributed by atoms with Crippen LogP contribution in [0.2, 0.25) is 0 Å². The van der Waals surface area contributed by atoms with Crippen LogP contribution in [0.3, 0.4) is 0 Å². The molecule has 4 nitrogen and oxygen atoms in total. The minimum Gasteiger partial charge on any atom is -0.494 e. The molecule has 5 heteroatoms. The lowest BCUT2D eigenvalue weighted by Gasteiger charge is -2.04. The molecule has 0 radical (unpaired) electrons. The van der Waals surface area contributed by atoms with E-state index < -0.39 is 11.8 Å². The van der Waals surface area contributed by atoms with Crippen molar-refractivity contribution in [1.82, 2.24) is 0 Å². The van der Waals surface area contributed by atoms with Gasteiger partial charge in [0, 0.05) is 5.56 Å². The van der Waals surface area contributed by atoms with E-state index >= 15 is 0 Å². The van der Waals surface area contributed by atoms with Crippen molar-refractivity contribution in [2.75, 3.05) is 13.7 Å². The van der Waals surface area contributed by atoms with Gasteiger partial charge in [-0.15, -0.1) is 0 Å². The van der Waals surface area contributed by atoms with Crippen LogP contribution in [0.1, 0.15) is 12.5 Å². The number of carbonyl (C=O) groups excluding carboxylic acids is 1. The molecule has 1 aromatic rings. The lowest BCUT2D eigenvalue weighted by molar-refractivity contribution is -0.137. The predicted octanol–water partition coefficient (Wildman–Crippen LogP) is 2.30. The number of benzene rings is 1. The fraction of sp³-hybridized carbons (Fsp3) is 0.231. The molecule has 18 heavy (non-hydrogen) atoms. The molecule has 0 saturated heterocycles. The van der Waals surface area contributed by atoms with E-state index in [1.165, 1.54) is 19.2 Å². The summed E-state index contributed by atoms with van der Waals surface area (Å²) in [5.74, 6) is -1.36. The standard InChI is InChI=1S/C13H12FNO3/c1-3-18-13(16)10(8-15)7-9-5-4-6-11(17-2)12(9)14/h4-7H,3H2,1-2H3/b10-7+. The van der Waals surface area contributed by atoms with Gasteiger partial charge in [-0.25, -0.2) is 9.18 Å². The molecule has 94 valence electrons. The molecule has 0 saturated carbocycles. The van der Waals surface area contributed by atoms with Crippen LogP contribution in [0.5, 0.6) is 5.75 Å². The SMILES string of the molecule is CCOC(=O)/C(C#N)=C/c1cccc(OC)c1F. The Kier molecular flexibility index (Phi) is 4.88. The predicted molar refractivity (Wildman–Crippen MR) is 63.2 cm³/mol. The number of esters is 1.